The summed E-state index contributed by atoms with van der Waals surface area (Å²) in [5.41, 5.74) is 4.64. The molecule has 2 aliphatic carbocycles. The third-order valence-corrected chi connectivity index (χ3v) is 4.93. The standard InChI is InChI=1S/C19H29NO/c1-3-20-18(19(21-4-2)16-10-11-16)13-14-8-9-15-6-5-7-17(15)12-14/h8-9,12,16,18-20H,3-7,10-11,13H2,1-2H3. The fourth-order valence-corrected chi connectivity index (χ4v) is 3.77. The molecule has 2 heteroatoms. The second-order valence-electron chi connectivity index (χ2n) is 6.58. The molecule has 0 spiro atoms. The highest BCUT2D eigenvalue weighted by molar-refractivity contribution is 5.35. The van der Waals surface area contributed by atoms with Gasteiger partial charge in [0.25, 0.3) is 0 Å². The van der Waals surface area contributed by atoms with Crippen LogP contribution in [-0.4, -0.2) is 25.3 Å². The number of fused-ring (bicyclic) bond motifs is 1. The van der Waals surface area contributed by atoms with Crippen molar-refractivity contribution in [3.8, 4) is 0 Å². The molecule has 2 nitrogen and oxygen atoms in total. The van der Waals surface area contributed by atoms with Crippen LogP contribution >= 0.6 is 0 Å². The van der Waals surface area contributed by atoms with Gasteiger partial charge < -0.3 is 10.1 Å². The lowest BCUT2D eigenvalue weighted by atomic mass is 9.96. The molecule has 0 radical (unpaired) electrons. The van der Waals surface area contributed by atoms with Gasteiger partial charge in [-0.1, -0.05) is 25.1 Å². The van der Waals surface area contributed by atoms with Crippen molar-refractivity contribution < 1.29 is 4.74 Å². The minimum atomic E-state index is 0.392. The van der Waals surface area contributed by atoms with Crippen LogP contribution in [0.25, 0.3) is 0 Å². The smallest absolute Gasteiger partial charge is 0.0759 e. The first-order chi connectivity index (χ1) is 10.3. The Morgan fingerprint density at radius 1 is 1.19 bits per heavy atom. The lowest BCUT2D eigenvalue weighted by molar-refractivity contribution is 0.0196. The number of likely N-dealkylation sites (N-methyl/N-ethyl adjacent to an activating group) is 1. The van der Waals surface area contributed by atoms with E-state index in [0.29, 0.717) is 12.1 Å². The molecular weight excluding hydrogens is 258 g/mol. The molecule has 1 aromatic rings. The molecule has 1 saturated carbocycles. The van der Waals surface area contributed by atoms with Gasteiger partial charge in [-0.05, 0) is 74.6 Å². The van der Waals surface area contributed by atoms with Crippen molar-refractivity contribution in [1.82, 2.24) is 5.32 Å². The minimum Gasteiger partial charge on any atom is -0.377 e. The summed E-state index contributed by atoms with van der Waals surface area (Å²) in [4.78, 5) is 0. The molecule has 1 aromatic carbocycles. The van der Waals surface area contributed by atoms with Crippen molar-refractivity contribution in [2.75, 3.05) is 13.2 Å². The number of hydrogen-bond donors (Lipinski definition) is 1. The predicted molar refractivity (Wildman–Crippen MR) is 87.8 cm³/mol. The van der Waals surface area contributed by atoms with E-state index in [4.69, 9.17) is 4.74 Å². The van der Waals surface area contributed by atoms with Gasteiger partial charge in [-0.25, -0.2) is 0 Å². The van der Waals surface area contributed by atoms with E-state index in [0.717, 1.165) is 25.5 Å². The first-order valence-corrected chi connectivity index (χ1v) is 8.77. The maximum atomic E-state index is 6.08. The molecule has 0 saturated heterocycles. The Kier molecular flexibility index (Phi) is 4.97. The van der Waals surface area contributed by atoms with E-state index in [-0.39, 0.29) is 0 Å². The molecule has 116 valence electrons. The molecule has 0 amide bonds. The van der Waals surface area contributed by atoms with Crippen molar-refractivity contribution in [1.29, 1.82) is 0 Å². The van der Waals surface area contributed by atoms with Gasteiger partial charge >= 0.3 is 0 Å². The first kappa shape index (κ1) is 15.1. The van der Waals surface area contributed by atoms with Gasteiger partial charge in [-0.2, -0.15) is 0 Å². The summed E-state index contributed by atoms with van der Waals surface area (Å²) >= 11 is 0. The van der Waals surface area contributed by atoms with Gasteiger partial charge in [-0.3, -0.25) is 0 Å². The molecule has 2 aliphatic rings. The Hall–Kier alpha value is -0.860. The molecular formula is C19H29NO. The summed E-state index contributed by atoms with van der Waals surface area (Å²) in [5, 5.41) is 3.68. The van der Waals surface area contributed by atoms with Crippen LogP contribution < -0.4 is 5.32 Å². The van der Waals surface area contributed by atoms with Crippen molar-refractivity contribution in [3.05, 3.63) is 34.9 Å². The van der Waals surface area contributed by atoms with Gasteiger partial charge in [-0.15, -0.1) is 0 Å². The van der Waals surface area contributed by atoms with Crippen LogP contribution in [0.5, 0.6) is 0 Å². The van der Waals surface area contributed by atoms with Crippen molar-refractivity contribution >= 4 is 0 Å². The van der Waals surface area contributed by atoms with Crippen LogP contribution in [0.1, 0.15) is 49.8 Å². The van der Waals surface area contributed by atoms with E-state index in [9.17, 15) is 0 Å². The molecule has 1 fully saturated rings. The van der Waals surface area contributed by atoms with Crippen molar-refractivity contribution in [3.63, 3.8) is 0 Å². The van der Waals surface area contributed by atoms with Crippen LogP contribution in [0, 0.1) is 5.92 Å². The zero-order valence-electron chi connectivity index (χ0n) is 13.5. The third kappa shape index (κ3) is 3.67. The minimum absolute atomic E-state index is 0.392. The average molecular weight is 287 g/mol. The van der Waals surface area contributed by atoms with E-state index < -0.39 is 0 Å². The van der Waals surface area contributed by atoms with Gasteiger partial charge in [0.1, 0.15) is 0 Å². The van der Waals surface area contributed by atoms with E-state index >= 15 is 0 Å². The Bertz CT molecular complexity index is 467. The number of nitrogens with one attached hydrogen (secondary N) is 1. The lowest BCUT2D eigenvalue weighted by Crippen LogP contribution is -2.44. The first-order valence-electron chi connectivity index (χ1n) is 8.77. The van der Waals surface area contributed by atoms with E-state index in [1.165, 1.54) is 37.7 Å². The highest BCUT2D eigenvalue weighted by Crippen LogP contribution is 2.36. The summed E-state index contributed by atoms with van der Waals surface area (Å²) in [6.45, 7) is 6.17. The summed E-state index contributed by atoms with van der Waals surface area (Å²) in [5.74, 6) is 0.781. The molecule has 2 atom stereocenters. The van der Waals surface area contributed by atoms with Crippen LogP contribution in [0.3, 0.4) is 0 Å². The molecule has 0 heterocycles. The number of hydrogen-bond acceptors (Lipinski definition) is 2. The Labute approximate surface area is 129 Å². The van der Waals surface area contributed by atoms with Crippen LogP contribution in [0.4, 0.5) is 0 Å². The van der Waals surface area contributed by atoms with Crippen LogP contribution in [0.2, 0.25) is 0 Å². The lowest BCUT2D eigenvalue weighted by Gasteiger charge is -2.28. The van der Waals surface area contributed by atoms with E-state index in [2.05, 4.69) is 37.4 Å². The van der Waals surface area contributed by atoms with E-state index in [1.807, 2.05) is 0 Å². The van der Waals surface area contributed by atoms with Gasteiger partial charge in [0.2, 0.25) is 0 Å². The molecule has 0 bridgehead atoms. The third-order valence-electron chi connectivity index (χ3n) is 4.93. The van der Waals surface area contributed by atoms with Crippen LogP contribution in [-0.2, 0) is 24.0 Å². The molecule has 2 unspecified atom stereocenters. The van der Waals surface area contributed by atoms with Gasteiger partial charge in [0.05, 0.1) is 6.10 Å². The van der Waals surface area contributed by atoms with Crippen molar-refractivity contribution in [2.24, 2.45) is 5.92 Å². The van der Waals surface area contributed by atoms with Crippen molar-refractivity contribution in [2.45, 2.75) is 64.5 Å². The SMILES string of the molecule is CCNC(Cc1ccc2c(c1)CCC2)C(OCC)C1CC1. The maximum absolute atomic E-state index is 6.08. The highest BCUT2D eigenvalue weighted by atomic mass is 16.5. The highest BCUT2D eigenvalue weighted by Gasteiger charge is 2.37. The fourth-order valence-electron chi connectivity index (χ4n) is 3.77. The predicted octanol–water partition coefficient (Wildman–Crippen LogP) is 3.51. The van der Waals surface area contributed by atoms with Crippen LogP contribution in [0.15, 0.2) is 18.2 Å². The second kappa shape index (κ2) is 6.93. The number of rotatable bonds is 8. The molecule has 0 aliphatic heterocycles. The largest absolute Gasteiger partial charge is 0.377 e. The topological polar surface area (TPSA) is 21.3 Å². The second-order valence-corrected chi connectivity index (χ2v) is 6.58. The summed E-state index contributed by atoms with van der Waals surface area (Å²) < 4.78 is 6.08. The molecule has 3 rings (SSSR count). The normalized spacial score (nSPS) is 20.3. The summed E-state index contributed by atoms with van der Waals surface area (Å²) in [7, 11) is 0. The Morgan fingerprint density at radius 3 is 2.71 bits per heavy atom. The summed E-state index contributed by atoms with van der Waals surface area (Å²) in [6, 6.07) is 7.60. The molecule has 0 aromatic heterocycles. The zero-order valence-corrected chi connectivity index (χ0v) is 13.5. The Morgan fingerprint density at radius 2 is 2.00 bits per heavy atom. The fraction of sp³-hybridized carbons (Fsp3) is 0.684. The Balaban J connectivity index is 1.71. The quantitative estimate of drug-likeness (QED) is 0.790. The molecule has 1 N–H and O–H groups in total. The number of aryl methyl sites for hydroxylation is 2. The number of ether oxygens (including phenoxy) is 1. The van der Waals surface area contributed by atoms with E-state index in [1.54, 1.807) is 11.1 Å². The van der Waals surface area contributed by atoms with Gasteiger partial charge in [0.15, 0.2) is 0 Å². The zero-order chi connectivity index (χ0) is 14.7. The molecule has 21 heavy (non-hydrogen) atoms. The monoisotopic (exact) mass is 287 g/mol. The number of benzene rings is 1. The van der Waals surface area contributed by atoms with Gasteiger partial charge in [0, 0.05) is 12.6 Å². The summed E-state index contributed by atoms with van der Waals surface area (Å²) in [6.07, 6.45) is 8.06. The maximum Gasteiger partial charge on any atom is 0.0759 e. The average Bonchev–Trinajstić information content (AvgIpc) is 3.22.